The molecule has 1 aromatic heterocycles. The minimum absolute atomic E-state index is 0.0239. The number of nitrogens with one attached hydrogen (secondary N) is 1. The topological polar surface area (TPSA) is 166 Å². The lowest BCUT2D eigenvalue weighted by Crippen LogP contribution is -2.47. The molecule has 3 rings (SSSR count). The predicted octanol–water partition coefficient (Wildman–Crippen LogP) is 2.78. The summed E-state index contributed by atoms with van der Waals surface area (Å²) < 4.78 is 46.0. The molecule has 244 valence electrons. The number of pyridine rings is 1. The lowest BCUT2D eigenvalue weighted by molar-refractivity contribution is -0.176. The monoisotopic (exact) mass is 632 g/mol. The Morgan fingerprint density at radius 3 is 2.31 bits per heavy atom. The minimum atomic E-state index is -1.51. The number of carbonyl (C=O) groups is 5. The van der Waals surface area contributed by atoms with Crippen molar-refractivity contribution in [1.82, 2.24) is 10.3 Å². The molecule has 1 saturated heterocycles. The summed E-state index contributed by atoms with van der Waals surface area (Å²) in [4.78, 5) is 68.5. The fraction of sp³-hybridized carbons (Fsp3) is 0.484. The smallest absolute Gasteiger partial charge is 0.332 e. The number of amides is 1. The van der Waals surface area contributed by atoms with Crippen molar-refractivity contribution in [2.24, 2.45) is 17.8 Å². The van der Waals surface area contributed by atoms with Crippen LogP contribution in [0.1, 0.15) is 50.7 Å². The van der Waals surface area contributed by atoms with Crippen LogP contribution in [0.3, 0.4) is 0 Å². The Morgan fingerprint density at radius 1 is 1.02 bits per heavy atom. The Hall–Kier alpha value is -4.75. The molecule has 0 aliphatic carbocycles. The average Bonchev–Trinajstić information content (AvgIpc) is 3.03. The van der Waals surface area contributed by atoms with E-state index in [0.29, 0.717) is 5.56 Å². The second kappa shape index (κ2) is 15.8. The van der Waals surface area contributed by atoms with E-state index >= 15 is 0 Å². The maximum absolute atomic E-state index is 13.5. The van der Waals surface area contributed by atoms with Gasteiger partial charge in [-0.3, -0.25) is 19.2 Å². The number of cyclic esters (lactones) is 2. The zero-order chi connectivity index (χ0) is 33.3. The van der Waals surface area contributed by atoms with Crippen LogP contribution in [0.2, 0.25) is 0 Å². The highest BCUT2D eigenvalue weighted by atomic mass is 19.1. The molecule has 45 heavy (non-hydrogen) atoms. The van der Waals surface area contributed by atoms with Gasteiger partial charge in [0.1, 0.15) is 24.4 Å². The Morgan fingerprint density at radius 2 is 1.69 bits per heavy atom. The summed E-state index contributed by atoms with van der Waals surface area (Å²) in [6.45, 7) is 6.74. The van der Waals surface area contributed by atoms with Crippen LogP contribution < -0.4 is 14.8 Å². The van der Waals surface area contributed by atoms with Crippen LogP contribution in [0.4, 0.5) is 4.39 Å². The third kappa shape index (κ3) is 9.37. The molecule has 2 heterocycles. The van der Waals surface area contributed by atoms with E-state index in [2.05, 4.69) is 10.3 Å². The quantitative estimate of drug-likeness (QED) is 0.219. The number of halogens is 1. The second-order valence-electron chi connectivity index (χ2n) is 10.9. The summed E-state index contributed by atoms with van der Waals surface area (Å²) in [7, 11) is 1.32. The number of rotatable bonds is 11. The minimum Gasteiger partial charge on any atom is -0.493 e. The van der Waals surface area contributed by atoms with Crippen molar-refractivity contribution in [2.45, 2.75) is 59.3 Å². The zero-order valence-corrected chi connectivity index (χ0v) is 25.9. The molecule has 1 aromatic carbocycles. The van der Waals surface area contributed by atoms with Gasteiger partial charge in [0.15, 0.2) is 29.3 Å². The van der Waals surface area contributed by atoms with Gasteiger partial charge in [0.25, 0.3) is 5.91 Å². The molecular formula is C31H37FN2O11. The molecular weight excluding hydrogens is 595 g/mol. The second-order valence-corrected chi connectivity index (χ2v) is 10.9. The van der Waals surface area contributed by atoms with Crippen molar-refractivity contribution < 1.29 is 56.8 Å². The van der Waals surface area contributed by atoms with Crippen LogP contribution in [0.25, 0.3) is 0 Å². The van der Waals surface area contributed by atoms with Crippen LogP contribution in [0.5, 0.6) is 11.5 Å². The van der Waals surface area contributed by atoms with Crippen LogP contribution in [0.15, 0.2) is 36.5 Å². The number of ether oxygens (including phenoxy) is 6. The molecule has 13 nitrogen and oxygen atoms in total. The lowest BCUT2D eigenvalue weighted by atomic mass is 9.91. The first-order valence-corrected chi connectivity index (χ1v) is 14.3. The third-order valence-electron chi connectivity index (χ3n) is 6.72. The molecule has 0 spiro atoms. The fourth-order valence-corrected chi connectivity index (χ4v) is 4.19. The van der Waals surface area contributed by atoms with E-state index in [1.54, 1.807) is 27.7 Å². The average molecular weight is 633 g/mol. The van der Waals surface area contributed by atoms with Crippen molar-refractivity contribution in [2.75, 3.05) is 20.5 Å². The molecule has 1 N–H and O–H groups in total. The summed E-state index contributed by atoms with van der Waals surface area (Å²) in [5, 5.41) is 2.43. The summed E-state index contributed by atoms with van der Waals surface area (Å²) >= 11 is 0. The normalized spacial score (nSPS) is 20.2. The van der Waals surface area contributed by atoms with Crippen LogP contribution >= 0.6 is 0 Å². The molecule has 4 atom stereocenters. The number of hydrogen-bond acceptors (Lipinski definition) is 12. The van der Waals surface area contributed by atoms with Gasteiger partial charge in [0.2, 0.25) is 6.79 Å². The van der Waals surface area contributed by atoms with Gasteiger partial charge >= 0.3 is 23.9 Å². The van der Waals surface area contributed by atoms with E-state index in [4.69, 9.17) is 28.4 Å². The van der Waals surface area contributed by atoms with Gasteiger partial charge in [0, 0.05) is 12.3 Å². The van der Waals surface area contributed by atoms with Gasteiger partial charge in [0.05, 0.1) is 18.9 Å². The molecule has 1 fully saturated rings. The number of methoxy groups -OCH3 is 1. The highest BCUT2D eigenvalue weighted by molar-refractivity contribution is 5.98. The maximum atomic E-state index is 13.5. The number of carbonyl (C=O) groups excluding carboxylic acids is 5. The van der Waals surface area contributed by atoms with E-state index in [0.717, 1.165) is 0 Å². The highest BCUT2D eigenvalue weighted by Crippen LogP contribution is 2.30. The summed E-state index contributed by atoms with van der Waals surface area (Å²) in [6.07, 6.45) is -1.17. The Balaban J connectivity index is 1.86. The summed E-state index contributed by atoms with van der Waals surface area (Å²) in [6, 6.07) is 5.29. The largest absolute Gasteiger partial charge is 0.493 e. The molecule has 1 amide bonds. The maximum Gasteiger partial charge on any atom is 0.332 e. The van der Waals surface area contributed by atoms with E-state index in [9.17, 15) is 28.4 Å². The molecule has 1 aliphatic rings. The highest BCUT2D eigenvalue weighted by Gasteiger charge is 2.42. The first-order valence-electron chi connectivity index (χ1n) is 14.3. The van der Waals surface area contributed by atoms with Crippen LogP contribution in [-0.2, 0) is 44.5 Å². The molecule has 0 radical (unpaired) electrons. The lowest BCUT2D eigenvalue weighted by Gasteiger charge is -2.29. The van der Waals surface area contributed by atoms with Gasteiger partial charge in [-0.1, -0.05) is 39.8 Å². The van der Waals surface area contributed by atoms with Crippen LogP contribution in [0, 0.1) is 23.6 Å². The van der Waals surface area contributed by atoms with Gasteiger partial charge in [-0.15, -0.1) is 0 Å². The number of benzene rings is 1. The van der Waals surface area contributed by atoms with Gasteiger partial charge < -0.3 is 33.7 Å². The third-order valence-corrected chi connectivity index (χ3v) is 6.72. The van der Waals surface area contributed by atoms with Crippen molar-refractivity contribution >= 4 is 29.8 Å². The molecule has 14 heteroatoms. The van der Waals surface area contributed by atoms with Crippen molar-refractivity contribution in [3.63, 3.8) is 0 Å². The van der Waals surface area contributed by atoms with E-state index < -0.39 is 85.0 Å². The fourth-order valence-electron chi connectivity index (χ4n) is 4.19. The number of esters is 4. The Labute approximate surface area is 259 Å². The van der Waals surface area contributed by atoms with E-state index in [1.807, 2.05) is 0 Å². The molecule has 2 aromatic rings. The number of nitrogens with zero attached hydrogens (tertiary/aromatic N) is 1. The van der Waals surface area contributed by atoms with Gasteiger partial charge in [-0.2, -0.15) is 0 Å². The summed E-state index contributed by atoms with van der Waals surface area (Å²) in [5.74, 6) is -6.58. The number of hydrogen-bond donors (Lipinski definition) is 1. The first-order chi connectivity index (χ1) is 21.3. The number of aromatic nitrogens is 1. The van der Waals surface area contributed by atoms with E-state index in [-0.39, 0.29) is 23.6 Å². The molecule has 0 unspecified atom stereocenters. The van der Waals surface area contributed by atoms with Crippen LogP contribution in [-0.4, -0.2) is 73.5 Å². The van der Waals surface area contributed by atoms with Gasteiger partial charge in [-0.25, -0.2) is 14.2 Å². The van der Waals surface area contributed by atoms with Crippen molar-refractivity contribution in [1.29, 1.82) is 0 Å². The Bertz CT molecular complexity index is 1380. The first kappa shape index (κ1) is 34.7. The molecule has 1 aliphatic heterocycles. The standard InChI is InChI=1S/C31H37FN2O11/c1-16(2)28(36)43-15-42-26-23(40-6)11-12-33-24(26)27(35)34-22-14-41-30(38)21(13-19-7-9-20(32)10-8-19)25(18(5)44-31(22)39)45-29(37)17(3)4/h7-12,16-18,21-22,25H,13-15H2,1-6H3,(H,34,35)/t18-,21+,22-,25-/m0/s1. The SMILES string of the molecule is COc1ccnc(C(=O)N[C@H]2COC(=O)[C@H](Cc3ccc(F)cc3)[C@@H](OC(=O)C(C)C)[C@H](C)OC2=O)c1OCOC(=O)C(C)C. The van der Waals surface area contributed by atoms with Crippen molar-refractivity contribution in [3.8, 4) is 11.5 Å². The Kier molecular flexibility index (Phi) is 12.2. The molecule has 0 saturated carbocycles. The zero-order valence-electron chi connectivity index (χ0n) is 25.9. The summed E-state index contributed by atoms with van der Waals surface area (Å²) in [5.41, 5.74) is 0.224. The molecule has 0 bridgehead atoms. The van der Waals surface area contributed by atoms with Gasteiger partial charge in [-0.05, 0) is 31.0 Å². The van der Waals surface area contributed by atoms with E-state index in [1.165, 1.54) is 50.6 Å². The van der Waals surface area contributed by atoms with Crippen molar-refractivity contribution in [3.05, 3.63) is 53.6 Å². The predicted molar refractivity (Wildman–Crippen MR) is 153 cm³/mol.